The molecule has 4 rings (SSSR count). The molecule has 6 nitrogen and oxygen atoms in total. The molecule has 1 saturated heterocycles. The molecule has 1 unspecified atom stereocenters. The number of amides is 1. The third-order valence-corrected chi connectivity index (χ3v) is 5.50. The van der Waals surface area contributed by atoms with Gasteiger partial charge in [0.25, 0.3) is 0 Å². The third-order valence-electron chi connectivity index (χ3n) is 5.50. The van der Waals surface area contributed by atoms with E-state index in [1.807, 2.05) is 16.7 Å². The van der Waals surface area contributed by atoms with E-state index in [4.69, 9.17) is 0 Å². The van der Waals surface area contributed by atoms with Gasteiger partial charge in [0.2, 0.25) is 5.91 Å². The second kappa shape index (κ2) is 7.10. The minimum atomic E-state index is -4.39. The number of nitrogens with zero attached hydrogens (tertiary/aromatic N) is 4. The average molecular weight is 393 g/mol. The van der Waals surface area contributed by atoms with Crippen molar-refractivity contribution in [2.75, 3.05) is 31.1 Å². The Morgan fingerprint density at radius 2 is 1.96 bits per heavy atom. The highest BCUT2D eigenvalue weighted by Gasteiger charge is 2.33. The van der Waals surface area contributed by atoms with E-state index in [0.717, 1.165) is 42.3 Å². The molecule has 2 aromatic rings. The van der Waals surface area contributed by atoms with Crippen LogP contribution >= 0.6 is 0 Å². The monoisotopic (exact) mass is 393 g/mol. The van der Waals surface area contributed by atoms with Crippen LogP contribution in [0.15, 0.2) is 18.3 Å². The molecular weight excluding hydrogens is 371 g/mol. The number of hydrogen-bond acceptors (Lipinski definition) is 4. The van der Waals surface area contributed by atoms with Gasteiger partial charge in [-0.2, -0.15) is 13.2 Å². The Balaban J connectivity index is 1.34. The van der Waals surface area contributed by atoms with Crippen LogP contribution in [-0.4, -0.2) is 51.9 Å². The molecule has 1 aliphatic heterocycles. The standard InChI is InChI=1S/C19H22F3N5O/c1-12-24-15-4-2-13(10-16(15)25-12)18(28)27-8-6-26(7-9-27)17-5-3-14(11-23-17)19(20,21)22/h3,5,11,13H,2,4,6-10H2,1H3,(H,24,25). The maximum Gasteiger partial charge on any atom is 0.417 e. The Labute approximate surface area is 160 Å². The van der Waals surface area contributed by atoms with Crippen LogP contribution in [0.3, 0.4) is 0 Å². The number of fused-ring (bicyclic) bond motifs is 1. The van der Waals surface area contributed by atoms with E-state index >= 15 is 0 Å². The Morgan fingerprint density at radius 1 is 1.21 bits per heavy atom. The van der Waals surface area contributed by atoms with Gasteiger partial charge in [-0.15, -0.1) is 0 Å². The fraction of sp³-hybridized carbons (Fsp3) is 0.526. The van der Waals surface area contributed by atoms with Crippen molar-refractivity contribution in [3.8, 4) is 0 Å². The van der Waals surface area contributed by atoms with Gasteiger partial charge in [-0.3, -0.25) is 4.79 Å². The lowest BCUT2D eigenvalue weighted by atomic mass is 9.88. The van der Waals surface area contributed by atoms with Gasteiger partial charge >= 0.3 is 6.18 Å². The Hall–Kier alpha value is -2.58. The quantitative estimate of drug-likeness (QED) is 0.852. The first-order valence-corrected chi connectivity index (χ1v) is 9.42. The van der Waals surface area contributed by atoms with Crippen LogP contribution in [0, 0.1) is 12.8 Å². The molecule has 1 amide bonds. The maximum atomic E-state index is 12.9. The van der Waals surface area contributed by atoms with Crippen LogP contribution in [0.4, 0.5) is 19.0 Å². The molecule has 1 fully saturated rings. The van der Waals surface area contributed by atoms with E-state index in [1.54, 1.807) is 0 Å². The topological polar surface area (TPSA) is 65.1 Å². The first-order chi connectivity index (χ1) is 13.3. The molecule has 1 atom stereocenters. The minimum absolute atomic E-state index is 0.0388. The molecule has 0 spiro atoms. The van der Waals surface area contributed by atoms with Gasteiger partial charge in [-0.05, 0) is 31.9 Å². The number of H-pyrrole nitrogens is 1. The summed E-state index contributed by atoms with van der Waals surface area (Å²) in [6.07, 6.45) is -1.22. The predicted octanol–water partition coefficient (Wildman–Crippen LogP) is 2.59. The van der Waals surface area contributed by atoms with Crippen molar-refractivity contribution in [3.63, 3.8) is 0 Å². The number of anilines is 1. The SMILES string of the molecule is Cc1nc2c([nH]1)CC(C(=O)N1CCN(c3ccc(C(F)(F)F)cn3)CC1)CC2. The van der Waals surface area contributed by atoms with Crippen molar-refractivity contribution < 1.29 is 18.0 Å². The summed E-state index contributed by atoms with van der Waals surface area (Å²) < 4.78 is 38.0. The second-order valence-corrected chi connectivity index (χ2v) is 7.40. The highest BCUT2D eigenvalue weighted by molar-refractivity contribution is 5.79. The zero-order chi connectivity index (χ0) is 19.9. The van der Waals surface area contributed by atoms with Crippen molar-refractivity contribution in [3.05, 3.63) is 41.1 Å². The van der Waals surface area contributed by atoms with Crippen LogP contribution in [0.1, 0.15) is 29.2 Å². The van der Waals surface area contributed by atoms with E-state index in [0.29, 0.717) is 38.4 Å². The van der Waals surface area contributed by atoms with Crippen molar-refractivity contribution in [1.29, 1.82) is 0 Å². The molecule has 3 heterocycles. The fourth-order valence-electron chi connectivity index (χ4n) is 3.99. The predicted molar refractivity (Wildman–Crippen MR) is 96.9 cm³/mol. The summed E-state index contributed by atoms with van der Waals surface area (Å²) in [4.78, 5) is 28.3. The largest absolute Gasteiger partial charge is 0.417 e. The number of aryl methyl sites for hydroxylation is 2. The number of piperazine rings is 1. The molecular formula is C19H22F3N5O. The lowest BCUT2D eigenvalue weighted by molar-refractivity contribution is -0.138. The molecule has 0 aromatic carbocycles. The number of halogens is 3. The van der Waals surface area contributed by atoms with Crippen LogP contribution in [-0.2, 0) is 23.8 Å². The average Bonchev–Trinajstić information content (AvgIpc) is 3.06. The van der Waals surface area contributed by atoms with E-state index in [9.17, 15) is 18.0 Å². The summed E-state index contributed by atoms with van der Waals surface area (Å²) >= 11 is 0. The number of rotatable bonds is 2. The Morgan fingerprint density at radius 3 is 2.61 bits per heavy atom. The van der Waals surface area contributed by atoms with Crippen molar-refractivity contribution in [1.82, 2.24) is 19.9 Å². The lowest BCUT2D eigenvalue weighted by Gasteiger charge is -2.37. The number of aromatic nitrogens is 3. The number of carbonyl (C=O) groups excluding carboxylic acids is 1. The first-order valence-electron chi connectivity index (χ1n) is 9.42. The molecule has 28 heavy (non-hydrogen) atoms. The molecule has 1 N–H and O–H groups in total. The number of alkyl halides is 3. The second-order valence-electron chi connectivity index (χ2n) is 7.40. The summed E-state index contributed by atoms with van der Waals surface area (Å²) in [5, 5.41) is 0. The van der Waals surface area contributed by atoms with Gasteiger partial charge in [-0.25, -0.2) is 9.97 Å². The van der Waals surface area contributed by atoms with Crippen molar-refractivity contribution >= 4 is 11.7 Å². The summed E-state index contributed by atoms with van der Waals surface area (Å²) in [6.45, 7) is 4.14. The smallest absolute Gasteiger partial charge is 0.353 e. The Bertz CT molecular complexity index is 853. The number of imidazole rings is 1. The summed E-state index contributed by atoms with van der Waals surface area (Å²) in [7, 11) is 0. The van der Waals surface area contributed by atoms with Crippen molar-refractivity contribution in [2.24, 2.45) is 5.92 Å². The van der Waals surface area contributed by atoms with Crippen molar-refractivity contribution in [2.45, 2.75) is 32.4 Å². The molecule has 1 aliphatic carbocycles. The lowest BCUT2D eigenvalue weighted by Crippen LogP contribution is -2.51. The van der Waals surface area contributed by atoms with E-state index in [-0.39, 0.29) is 11.8 Å². The molecule has 0 bridgehead atoms. The van der Waals surface area contributed by atoms with Gasteiger partial charge in [0.1, 0.15) is 11.6 Å². The summed E-state index contributed by atoms with van der Waals surface area (Å²) in [5.41, 5.74) is 1.38. The van der Waals surface area contributed by atoms with Crippen LogP contribution in [0.25, 0.3) is 0 Å². The summed E-state index contributed by atoms with van der Waals surface area (Å²) in [5.74, 6) is 1.51. The molecule has 0 radical (unpaired) electrons. The zero-order valence-electron chi connectivity index (χ0n) is 15.6. The summed E-state index contributed by atoms with van der Waals surface area (Å²) in [6, 6.07) is 2.44. The van der Waals surface area contributed by atoms with E-state index in [1.165, 1.54) is 6.07 Å². The highest BCUT2D eigenvalue weighted by atomic mass is 19.4. The highest BCUT2D eigenvalue weighted by Crippen LogP contribution is 2.30. The number of pyridine rings is 1. The number of aromatic amines is 1. The third kappa shape index (κ3) is 3.70. The van der Waals surface area contributed by atoms with E-state index in [2.05, 4.69) is 15.0 Å². The number of carbonyl (C=O) groups is 1. The maximum absolute atomic E-state index is 12.9. The molecule has 2 aromatic heterocycles. The number of nitrogens with one attached hydrogen (secondary N) is 1. The van der Waals surface area contributed by atoms with Gasteiger partial charge in [0, 0.05) is 50.4 Å². The first kappa shape index (κ1) is 18.8. The number of hydrogen-bond donors (Lipinski definition) is 1. The van der Waals surface area contributed by atoms with Gasteiger partial charge in [-0.1, -0.05) is 0 Å². The van der Waals surface area contributed by atoms with Crippen LogP contribution in [0.5, 0.6) is 0 Å². The fourth-order valence-corrected chi connectivity index (χ4v) is 3.99. The van der Waals surface area contributed by atoms with Gasteiger partial charge < -0.3 is 14.8 Å². The van der Waals surface area contributed by atoms with Crippen LogP contribution < -0.4 is 4.90 Å². The molecule has 2 aliphatic rings. The van der Waals surface area contributed by atoms with Gasteiger partial charge in [0.05, 0.1) is 11.3 Å². The van der Waals surface area contributed by atoms with Gasteiger partial charge in [0.15, 0.2) is 0 Å². The van der Waals surface area contributed by atoms with Crippen LogP contribution in [0.2, 0.25) is 0 Å². The molecule has 0 saturated carbocycles. The minimum Gasteiger partial charge on any atom is -0.353 e. The molecule has 150 valence electrons. The zero-order valence-corrected chi connectivity index (χ0v) is 15.6. The Kier molecular flexibility index (Phi) is 4.76. The normalized spacial score (nSPS) is 20.2. The van der Waals surface area contributed by atoms with E-state index < -0.39 is 11.7 Å². The molecule has 9 heteroatoms.